The van der Waals surface area contributed by atoms with Crippen LogP contribution in [-0.4, -0.2) is 30.9 Å². The lowest BCUT2D eigenvalue weighted by Gasteiger charge is -2.16. The van der Waals surface area contributed by atoms with E-state index in [9.17, 15) is 14.4 Å². The third-order valence-electron chi connectivity index (χ3n) is 3.69. The molecular formula is C19H20N2O4. The molecule has 25 heavy (non-hydrogen) atoms. The van der Waals surface area contributed by atoms with Gasteiger partial charge in [0.15, 0.2) is 0 Å². The van der Waals surface area contributed by atoms with Crippen molar-refractivity contribution >= 4 is 23.5 Å². The number of benzene rings is 2. The summed E-state index contributed by atoms with van der Waals surface area (Å²) in [6, 6.07) is 12.8. The van der Waals surface area contributed by atoms with Crippen molar-refractivity contribution in [2.45, 2.75) is 19.9 Å². The molecule has 1 atom stereocenters. The number of hydrogen-bond acceptors (Lipinski definition) is 4. The SMILES string of the molecule is COC(=O)c1ccc(C)c(NC(=O)C(C)NC(=O)c2ccccc2)c1. The molecule has 2 aromatic rings. The molecule has 0 saturated heterocycles. The Morgan fingerprint density at radius 3 is 2.32 bits per heavy atom. The van der Waals surface area contributed by atoms with Crippen molar-refractivity contribution in [3.63, 3.8) is 0 Å². The summed E-state index contributed by atoms with van der Waals surface area (Å²) in [5.41, 5.74) is 2.10. The van der Waals surface area contributed by atoms with Crippen LogP contribution in [0.1, 0.15) is 33.2 Å². The number of nitrogens with one attached hydrogen (secondary N) is 2. The van der Waals surface area contributed by atoms with Gasteiger partial charge in [-0.15, -0.1) is 0 Å². The fraction of sp³-hybridized carbons (Fsp3) is 0.211. The Morgan fingerprint density at radius 2 is 1.68 bits per heavy atom. The summed E-state index contributed by atoms with van der Waals surface area (Å²) in [6.07, 6.45) is 0. The van der Waals surface area contributed by atoms with Crippen LogP contribution in [0, 0.1) is 6.92 Å². The van der Waals surface area contributed by atoms with E-state index in [1.165, 1.54) is 7.11 Å². The molecule has 0 radical (unpaired) electrons. The highest BCUT2D eigenvalue weighted by molar-refractivity contribution is 6.01. The van der Waals surface area contributed by atoms with Crippen molar-refractivity contribution in [3.05, 3.63) is 65.2 Å². The van der Waals surface area contributed by atoms with Crippen molar-refractivity contribution in [2.75, 3.05) is 12.4 Å². The van der Waals surface area contributed by atoms with E-state index < -0.39 is 12.0 Å². The van der Waals surface area contributed by atoms with E-state index in [4.69, 9.17) is 0 Å². The summed E-state index contributed by atoms with van der Waals surface area (Å²) < 4.78 is 4.68. The molecule has 0 aromatic heterocycles. The third-order valence-corrected chi connectivity index (χ3v) is 3.69. The molecular weight excluding hydrogens is 320 g/mol. The van der Waals surface area contributed by atoms with E-state index in [0.717, 1.165) is 5.56 Å². The zero-order chi connectivity index (χ0) is 18.4. The normalized spacial score (nSPS) is 11.3. The monoisotopic (exact) mass is 340 g/mol. The maximum Gasteiger partial charge on any atom is 0.337 e. The minimum Gasteiger partial charge on any atom is -0.465 e. The number of esters is 1. The second kappa shape index (κ2) is 8.10. The molecule has 0 aliphatic carbocycles. The average Bonchev–Trinajstić information content (AvgIpc) is 2.63. The second-order valence-corrected chi connectivity index (χ2v) is 5.57. The molecule has 0 fully saturated rings. The summed E-state index contributed by atoms with van der Waals surface area (Å²) in [6.45, 7) is 3.40. The van der Waals surface area contributed by atoms with Gasteiger partial charge < -0.3 is 15.4 Å². The van der Waals surface area contributed by atoms with Gasteiger partial charge in [0.25, 0.3) is 5.91 Å². The van der Waals surface area contributed by atoms with Crippen LogP contribution in [0.15, 0.2) is 48.5 Å². The largest absolute Gasteiger partial charge is 0.465 e. The summed E-state index contributed by atoms with van der Waals surface area (Å²) in [7, 11) is 1.29. The van der Waals surface area contributed by atoms with Crippen LogP contribution in [0.3, 0.4) is 0 Å². The van der Waals surface area contributed by atoms with E-state index in [1.807, 2.05) is 13.0 Å². The van der Waals surface area contributed by atoms with E-state index in [0.29, 0.717) is 16.8 Å². The van der Waals surface area contributed by atoms with Crippen molar-refractivity contribution in [3.8, 4) is 0 Å². The quantitative estimate of drug-likeness (QED) is 0.819. The van der Waals surface area contributed by atoms with Gasteiger partial charge in [0, 0.05) is 11.3 Å². The highest BCUT2D eigenvalue weighted by Crippen LogP contribution is 2.18. The van der Waals surface area contributed by atoms with Crippen molar-refractivity contribution < 1.29 is 19.1 Å². The first-order valence-corrected chi connectivity index (χ1v) is 7.78. The summed E-state index contributed by atoms with van der Waals surface area (Å²) in [4.78, 5) is 36.1. The number of rotatable bonds is 5. The fourth-order valence-corrected chi connectivity index (χ4v) is 2.18. The van der Waals surface area contributed by atoms with Gasteiger partial charge in [-0.2, -0.15) is 0 Å². The zero-order valence-electron chi connectivity index (χ0n) is 14.3. The lowest BCUT2D eigenvalue weighted by molar-refractivity contribution is -0.117. The predicted molar refractivity (Wildman–Crippen MR) is 94.5 cm³/mol. The van der Waals surface area contributed by atoms with Gasteiger partial charge in [0.1, 0.15) is 6.04 Å². The van der Waals surface area contributed by atoms with E-state index in [-0.39, 0.29) is 11.8 Å². The molecule has 2 amide bonds. The molecule has 2 N–H and O–H groups in total. The van der Waals surface area contributed by atoms with Crippen LogP contribution in [-0.2, 0) is 9.53 Å². The molecule has 130 valence electrons. The molecule has 2 rings (SSSR count). The van der Waals surface area contributed by atoms with Crippen LogP contribution >= 0.6 is 0 Å². The number of ether oxygens (including phenoxy) is 1. The molecule has 0 aliphatic heterocycles. The first-order chi connectivity index (χ1) is 11.9. The molecule has 6 heteroatoms. The Kier molecular flexibility index (Phi) is 5.89. The van der Waals surface area contributed by atoms with Crippen LogP contribution in [0.25, 0.3) is 0 Å². The number of methoxy groups -OCH3 is 1. The van der Waals surface area contributed by atoms with Gasteiger partial charge in [0.05, 0.1) is 12.7 Å². The molecule has 0 aliphatic rings. The molecule has 0 bridgehead atoms. The standard InChI is InChI=1S/C19H20N2O4/c1-12-9-10-15(19(24)25-3)11-16(12)21-17(22)13(2)20-18(23)14-7-5-4-6-8-14/h4-11,13H,1-3H3,(H,20,23)(H,21,22). The smallest absolute Gasteiger partial charge is 0.337 e. The fourth-order valence-electron chi connectivity index (χ4n) is 2.18. The van der Waals surface area contributed by atoms with E-state index in [2.05, 4.69) is 15.4 Å². The Balaban J connectivity index is 2.06. The highest BCUT2D eigenvalue weighted by atomic mass is 16.5. The third kappa shape index (κ3) is 4.67. The number of aryl methyl sites for hydroxylation is 1. The van der Waals surface area contributed by atoms with Gasteiger partial charge >= 0.3 is 5.97 Å². The number of amides is 2. The molecule has 1 unspecified atom stereocenters. The first-order valence-electron chi connectivity index (χ1n) is 7.78. The Hall–Kier alpha value is -3.15. The van der Waals surface area contributed by atoms with Gasteiger partial charge in [-0.25, -0.2) is 4.79 Å². The Bertz CT molecular complexity index is 787. The first kappa shape index (κ1) is 18.2. The van der Waals surface area contributed by atoms with E-state index >= 15 is 0 Å². The number of anilines is 1. The molecule has 0 heterocycles. The molecule has 6 nitrogen and oxygen atoms in total. The molecule has 0 saturated carbocycles. The summed E-state index contributed by atoms with van der Waals surface area (Å²) >= 11 is 0. The minimum absolute atomic E-state index is 0.330. The van der Waals surface area contributed by atoms with E-state index in [1.54, 1.807) is 49.4 Å². The summed E-state index contributed by atoms with van der Waals surface area (Å²) in [5.74, 6) is -1.20. The van der Waals surface area contributed by atoms with Crippen LogP contribution in [0.4, 0.5) is 5.69 Å². The molecule has 2 aromatic carbocycles. The second-order valence-electron chi connectivity index (χ2n) is 5.57. The number of hydrogen-bond donors (Lipinski definition) is 2. The van der Waals surface area contributed by atoms with Crippen molar-refractivity contribution in [1.82, 2.24) is 5.32 Å². The lowest BCUT2D eigenvalue weighted by Crippen LogP contribution is -2.41. The van der Waals surface area contributed by atoms with Crippen molar-refractivity contribution in [1.29, 1.82) is 0 Å². The maximum atomic E-state index is 12.3. The van der Waals surface area contributed by atoms with Gasteiger partial charge in [0.2, 0.25) is 5.91 Å². The number of carbonyl (C=O) groups is 3. The Morgan fingerprint density at radius 1 is 1.00 bits per heavy atom. The predicted octanol–water partition coefficient (Wildman–Crippen LogP) is 2.54. The summed E-state index contributed by atoms with van der Waals surface area (Å²) in [5, 5.41) is 5.37. The minimum atomic E-state index is -0.742. The van der Waals surface area contributed by atoms with Crippen LogP contribution in [0.2, 0.25) is 0 Å². The lowest BCUT2D eigenvalue weighted by atomic mass is 10.1. The van der Waals surface area contributed by atoms with Crippen LogP contribution in [0.5, 0.6) is 0 Å². The zero-order valence-corrected chi connectivity index (χ0v) is 14.3. The Labute approximate surface area is 146 Å². The topological polar surface area (TPSA) is 84.5 Å². The van der Waals surface area contributed by atoms with Crippen molar-refractivity contribution in [2.24, 2.45) is 0 Å². The molecule has 0 spiro atoms. The number of carbonyl (C=O) groups excluding carboxylic acids is 3. The van der Waals surface area contributed by atoms with Gasteiger partial charge in [-0.1, -0.05) is 24.3 Å². The van der Waals surface area contributed by atoms with Crippen LogP contribution < -0.4 is 10.6 Å². The van der Waals surface area contributed by atoms with Gasteiger partial charge in [-0.3, -0.25) is 9.59 Å². The average molecular weight is 340 g/mol. The highest BCUT2D eigenvalue weighted by Gasteiger charge is 2.18. The van der Waals surface area contributed by atoms with Gasteiger partial charge in [-0.05, 0) is 43.7 Å². The maximum absolute atomic E-state index is 12.3.